The van der Waals surface area contributed by atoms with Crippen LogP contribution in [0, 0.1) is 0 Å². The minimum Gasteiger partial charge on any atom is -0.333 e. The fraction of sp³-hybridized carbons (Fsp3) is 0.529. The normalized spacial score (nSPS) is 25.4. The molecule has 1 N–H and O–H groups in total. The Morgan fingerprint density at radius 2 is 2.00 bits per heavy atom. The highest BCUT2D eigenvalue weighted by Gasteiger charge is 2.33. The maximum absolute atomic E-state index is 12.4. The topological polar surface area (TPSA) is 52.7 Å². The number of hydrogen-bond donors (Lipinski definition) is 1. The van der Waals surface area contributed by atoms with Crippen molar-refractivity contribution in [2.45, 2.75) is 44.7 Å². The first-order valence-corrected chi connectivity index (χ1v) is 8.07. The lowest BCUT2D eigenvalue weighted by atomic mass is 10.0. The summed E-state index contributed by atoms with van der Waals surface area (Å²) in [5.74, 6) is 0.0724. The van der Waals surface area contributed by atoms with Gasteiger partial charge in [-0.25, -0.2) is 4.79 Å². The number of para-hydroxylation sites is 1. The van der Waals surface area contributed by atoms with E-state index in [1.165, 1.54) is 6.42 Å². The fourth-order valence-electron chi connectivity index (χ4n) is 3.32. The molecule has 5 nitrogen and oxygen atoms in total. The van der Waals surface area contributed by atoms with Gasteiger partial charge in [0.25, 0.3) is 0 Å². The predicted molar refractivity (Wildman–Crippen MR) is 85.8 cm³/mol. The molecule has 0 aliphatic carbocycles. The van der Waals surface area contributed by atoms with E-state index < -0.39 is 0 Å². The molecule has 118 valence electrons. The molecule has 3 rings (SSSR count). The molecule has 0 bridgehead atoms. The Morgan fingerprint density at radius 3 is 2.73 bits per heavy atom. The summed E-state index contributed by atoms with van der Waals surface area (Å²) in [7, 11) is 0. The SMILES string of the molecule is C[C@H]1CCCCN1C(=O)N[C@H]1CC(=O)N(c2ccccc2)C1. The summed E-state index contributed by atoms with van der Waals surface area (Å²) in [4.78, 5) is 28.2. The second-order valence-corrected chi connectivity index (χ2v) is 6.23. The Bertz CT molecular complexity index is 546. The van der Waals surface area contributed by atoms with E-state index in [-0.39, 0.29) is 24.0 Å². The molecule has 2 fully saturated rings. The summed E-state index contributed by atoms with van der Waals surface area (Å²) in [5.41, 5.74) is 0.899. The highest BCUT2D eigenvalue weighted by Crippen LogP contribution is 2.22. The first-order valence-electron chi connectivity index (χ1n) is 8.07. The van der Waals surface area contributed by atoms with E-state index in [4.69, 9.17) is 0 Å². The molecule has 2 atom stereocenters. The molecular weight excluding hydrogens is 278 g/mol. The second kappa shape index (κ2) is 6.38. The molecule has 3 amide bonds. The molecule has 0 saturated carbocycles. The van der Waals surface area contributed by atoms with Crippen LogP contribution in [0.1, 0.15) is 32.6 Å². The van der Waals surface area contributed by atoms with Crippen molar-refractivity contribution in [2.75, 3.05) is 18.0 Å². The Balaban J connectivity index is 1.60. The van der Waals surface area contributed by atoms with Crippen molar-refractivity contribution in [1.82, 2.24) is 10.2 Å². The van der Waals surface area contributed by atoms with Crippen LogP contribution in [-0.2, 0) is 4.79 Å². The number of nitrogens with one attached hydrogen (secondary N) is 1. The zero-order valence-electron chi connectivity index (χ0n) is 13.0. The van der Waals surface area contributed by atoms with E-state index in [1.807, 2.05) is 35.2 Å². The van der Waals surface area contributed by atoms with E-state index >= 15 is 0 Å². The quantitative estimate of drug-likeness (QED) is 0.912. The fourth-order valence-corrected chi connectivity index (χ4v) is 3.32. The molecule has 2 saturated heterocycles. The number of piperidine rings is 1. The number of likely N-dealkylation sites (tertiary alicyclic amines) is 1. The first kappa shape index (κ1) is 14.9. The van der Waals surface area contributed by atoms with Crippen LogP contribution < -0.4 is 10.2 Å². The van der Waals surface area contributed by atoms with Gasteiger partial charge in [-0.15, -0.1) is 0 Å². The minimum atomic E-state index is -0.102. The first-order chi connectivity index (χ1) is 10.6. The van der Waals surface area contributed by atoms with Gasteiger partial charge in [0.1, 0.15) is 0 Å². The minimum absolute atomic E-state index is 0.0279. The van der Waals surface area contributed by atoms with Crippen LogP contribution in [0.25, 0.3) is 0 Å². The average molecular weight is 301 g/mol. The van der Waals surface area contributed by atoms with Gasteiger partial charge >= 0.3 is 6.03 Å². The van der Waals surface area contributed by atoms with Crippen LogP contribution in [0.3, 0.4) is 0 Å². The Kier molecular flexibility index (Phi) is 4.32. The predicted octanol–water partition coefficient (Wildman–Crippen LogP) is 2.38. The zero-order valence-corrected chi connectivity index (χ0v) is 13.0. The summed E-state index contributed by atoms with van der Waals surface area (Å²) < 4.78 is 0. The van der Waals surface area contributed by atoms with E-state index in [1.54, 1.807) is 4.90 Å². The molecule has 0 radical (unpaired) electrons. The average Bonchev–Trinajstić information content (AvgIpc) is 2.89. The van der Waals surface area contributed by atoms with Crippen molar-refractivity contribution < 1.29 is 9.59 Å². The number of hydrogen-bond acceptors (Lipinski definition) is 2. The molecule has 5 heteroatoms. The van der Waals surface area contributed by atoms with Gasteiger partial charge in [-0.05, 0) is 38.3 Å². The van der Waals surface area contributed by atoms with Gasteiger partial charge in [0.15, 0.2) is 0 Å². The van der Waals surface area contributed by atoms with Crippen molar-refractivity contribution in [3.8, 4) is 0 Å². The monoisotopic (exact) mass is 301 g/mol. The molecule has 2 aliphatic heterocycles. The van der Waals surface area contributed by atoms with Gasteiger partial charge < -0.3 is 15.1 Å². The molecule has 22 heavy (non-hydrogen) atoms. The van der Waals surface area contributed by atoms with Crippen LogP contribution >= 0.6 is 0 Å². The summed E-state index contributed by atoms with van der Waals surface area (Å²) in [6.07, 6.45) is 3.70. The van der Waals surface area contributed by atoms with E-state index in [0.717, 1.165) is 25.1 Å². The van der Waals surface area contributed by atoms with Crippen molar-refractivity contribution in [3.63, 3.8) is 0 Å². The molecule has 1 aromatic rings. The lowest BCUT2D eigenvalue weighted by Gasteiger charge is -2.34. The maximum atomic E-state index is 12.4. The summed E-state index contributed by atoms with van der Waals surface area (Å²) >= 11 is 0. The molecule has 0 spiro atoms. The van der Waals surface area contributed by atoms with Crippen LogP contribution in [0.5, 0.6) is 0 Å². The van der Waals surface area contributed by atoms with Crippen molar-refractivity contribution in [2.24, 2.45) is 0 Å². The highest BCUT2D eigenvalue weighted by molar-refractivity contribution is 5.96. The summed E-state index contributed by atoms with van der Waals surface area (Å²) in [6, 6.07) is 9.78. The van der Waals surface area contributed by atoms with Gasteiger partial charge in [-0.1, -0.05) is 18.2 Å². The number of amides is 3. The zero-order chi connectivity index (χ0) is 15.5. The van der Waals surface area contributed by atoms with Crippen molar-refractivity contribution in [1.29, 1.82) is 0 Å². The van der Waals surface area contributed by atoms with E-state index in [2.05, 4.69) is 12.2 Å². The molecule has 0 aromatic heterocycles. The lowest BCUT2D eigenvalue weighted by molar-refractivity contribution is -0.117. The van der Waals surface area contributed by atoms with Crippen LogP contribution in [0.15, 0.2) is 30.3 Å². The third-order valence-corrected chi connectivity index (χ3v) is 4.58. The van der Waals surface area contributed by atoms with Gasteiger partial charge in [-0.3, -0.25) is 4.79 Å². The number of rotatable bonds is 2. The Morgan fingerprint density at radius 1 is 1.23 bits per heavy atom. The van der Waals surface area contributed by atoms with Gasteiger partial charge in [0.2, 0.25) is 5.91 Å². The third kappa shape index (κ3) is 3.08. The van der Waals surface area contributed by atoms with Gasteiger partial charge in [0, 0.05) is 31.2 Å². The van der Waals surface area contributed by atoms with Gasteiger partial charge in [-0.2, -0.15) is 0 Å². The van der Waals surface area contributed by atoms with Crippen molar-refractivity contribution >= 4 is 17.6 Å². The maximum Gasteiger partial charge on any atom is 0.317 e. The molecule has 1 aromatic carbocycles. The summed E-state index contributed by atoms with van der Waals surface area (Å²) in [6.45, 7) is 3.46. The van der Waals surface area contributed by atoms with E-state index in [0.29, 0.717) is 13.0 Å². The van der Waals surface area contributed by atoms with Crippen LogP contribution in [0.2, 0.25) is 0 Å². The van der Waals surface area contributed by atoms with E-state index in [9.17, 15) is 9.59 Å². The largest absolute Gasteiger partial charge is 0.333 e. The Labute approximate surface area is 131 Å². The smallest absolute Gasteiger partial charge is 0.317 e. The number of nitrogens with zero attached hydrogens (tertiary/aromatic N) is 2. The number of benzene rings is 1. The number of carbonyl (C=O) groups excluding carboxylic acids is 2. The highest BCUT2D eigenvalue weighted by atomic mass is 16.2. The number of anilines is 1. The number of urea groups is 1. The van der Waals surface area contributed by atoms with Crippen LogP contribution in [-0.4, -0.2) is 42.0 Å². The summed E-state index contributed by atoms with van der Waals surface area (Å²) in [5, 5.41) is 3.03. The second-order valence-electron chi connectivity index (χ2n) is 6.23. The molecular formula is C17H23N3O2. The van der Waals surface area contributed by atoms with Gasteiger partial charge in [0.05, 0.1) is 6.04 Å². The molecule has 2 heterocycles. The van der Waals surface area contributed by atoms with Crippen LogP contribution in [0.4, 0.5) is 10.5 Å². The van der Waals surface area contributed by atoms with Crippen molar-refractivity contribution in [3.05, 3.63) is 30.3 Å². The third-order valence-electron chi connectivity index (χ3n) is 4.58. The lowest BCUT2D eigenvalue weighted by Crippen LogP contribution is -2.50. The Hall–Kier alpha value is -2.04. The number of carbonyl (C=O) groups is 2. The standard InChI is InChI=1S/C17H23N3O2/c1-13-7-5-6-10-19(13)17(22)18-14-11-16(21)20(12-14)15-8-3-2-4-9-15/h2-4,8-9,13-14H,5-7,10-12H2,1H3,(H,18,22)/t13-,14-/m0/s1. The molecule has 0 unspecified atom stereocenters. The molecule has 2 aliphatic rings.